The van der Waals surface area contributed by atoms with Gasteiger partial charge in [-0.15, -0.1) is 0 Å². The molecule has 6 nitrogen and oxygen atoms in total. The second-order valence-electron chi connectivity index (χ2n) is 4.82. The van der Waals surface area contributed by atoms with Gasteiger partial charge in [-0.05, 0) is 30.7 Å². The third-order valence-electron chi connectivity index (χ3n) is 3.34. The average Bonchev–Trinajstić information content (AvgIpc) is 2.38. The van der Waals surface area contributed by atoms with E-state index in [1.54, 1.807) is 13.0 Å². The standard InChI is InChI=1S/C14H17NO5/c1-9-6-11(16)2-3-12(9)14(19)15-4-5-20-8-10(15)7-13(17)18/h2-3,6,10,16H,4-5,7-8H2,1H3,(H,17,18). The summed E-state index contributed by atoms with van der Waals surface area (Å²) in [5, 5.41) is 18.3. The first-order chi connectivity index (χ1) is 9.49. The molecule has 1 fully saturated rings. The summed E-state index contributed by atoms with van der Waals surface area (Å²) in [7, 11) is 0. The van der Waals surface area contributed by atoms with Crippen molar-refractivity contribution in [2.75, 3.05) is 19.8 Å². The van der Waals surface area contributed by atoms with Crippen LogP contribution in [-0.4, -0.2) is 52.8 Å². The fourth-order valence-corrected chi connectivity index (χ4v) is 2.34. The summed E-state index contributed by atoms with van der Waals surface area (Å²) in [6.45, 7) is 2.74. The van der Waals surface area contributed by atoms with Crippen molar-refractivity contribution in [3.05, 3.63) is 29.3 Å². The van der Waals surface area contributed by atoms with Crippen molar-refractivity contribution in [2.45, 2.75) is 19.4 Å². The van der Waals surface area contributed by atoms with Crippen LogP contribution in [0.3, 0.4) is 0 Å². The molecule has 0 spiro atoms. The number of benzene rings is 1. The van der Waals surface area contributed by atoms with Crippen LogP contribution in [0.4, 0.5) is 0 Å². The number of phenolic OH excluding ortho intramolecular Hbond substituents is 1. The van der Waals surface area contributed by atoms with Crippen molar-refractivity contribution >= 4 is 11.9 Å². The summed E-state index contributed by atoms with van der Waals surface area (Å²) in [6.07, 6.45) is -0.136. The molecular weight excluding hydrogens is 262 g/mol. The number of morpholine rings is 1. The number of ether oxygens (including phenoxy) is 1. The van der Waals surface area contributed by atoms with Crippen LogP contribution in [0, 0.1) is 6.92 Å². The maximum absolute atomic E-state index is 12.5. The Morgan fingerprint density at radius 1 is 1.45 bits per heavy atom. The molecule has 0 saturated carbocycles. The van der Waals surface area contributed by atoms with Gasteiger partial charge in [0.2, 0.25) is 0 Å². The Morgan fingerprint density at radius 2 is 2.20 bits per heavy atom. The van der Waals surface area contributed by atoms with Gasteiger partial charge >= 0.3 is 5.97 Å². The minimum atomic E-state index is -0.958. The minimum absolute atomic E-state index is 0.100. The van der Waals surface area contributed by atoms with Crippen molar-refractivity contribution in [2.24, 2.45) is 0 Å². The van der Waals surface area contributed by atoms with Gasteiger partial charge in [0.05, 0.1) is 25.7 Å². The van der Waals surface area contributed by atoms with E-state index in [0.717, 1.165) is 0 Å². The van der Waals surface area contributed by atoms with E-state index in [0.29, 0.717) is 24.3 Å². The van der Waals surface area contributed by atoms with Gasteiger partial charge in [0.1, 0.15) is 5.75 Å². The summed E-state index contributed by atoms with van der Waals surface area (Å²) >= 11 is 0. The molecule has 0 aliphatic carbocycles. The number of carboxylic acids is 1. The van der Waals surface area contributed by atoms with Crippen LogP contribution in [0.15, 0.2) is 18.2 Å². The van der Waals surface area contributed by atoms with Crippen molar-refractivity contribution < 1.29 is 24.5 Å². The highest BCUT2D eigenvalue weighted by Crippen LogP contribution is 2.20. The van der Waals surface area contributed by atoms with Crippen LogP contribution in [0.25, 0.3) is 0 Å². The normalized spacial score (nSPS) is 18.9. The Labute approximate surface area is 116 Å². The third kappa shape index (κ3) is 3.08. The summed E-state index contributed by atoms with van der Waals surface area (Å²) in [5.74, 6) is -1.08. The highest BCUT2D eigenvalue weighted by molar-refractivity contribution is 5.96. The van der Waals surface area contributed by atoms with Crippen LogP contribution in [-0.2, 0) is 9.53 Å². The second kappa shape index (κ2) is 5.92. The number of aryl methyl sites for hydroxylation is 1. The maximum Gasteiger partial charge on any atom is 0.305 e. The van der Waals surface area contributed by atoms with Gasteiger partial charge in [-0.1, -0.05) is 0 Å². The number of hydrogen-bond donors (Lipinski definition) is 2. The largest absolute Gasteiger partial charge is 0.508 e. The minimum Gasteiger partial charge on any atom is -0.508 e. The molecule has 1 unspecified atom stereocenters. The van der Waals surface area contributed by atoms with Crippen LogP contribution < -0.4 is 0 Å². The number of carbonyl (C=O) groups excluding carboxylic acids is 1. The average molecular weight is 279 g/mol. The lowest BCUT2D eigenvalue weighted by Crippen LogP contribution is -2.49. The van der Waals surface area contributed by atoms with E-state index in [-0.39, 0.29) is 24.7 Å². The lowest BCUT2D eigenvalue weighted by molar-refractivity contribution is -0.139. The van der Waals surface area contributed by atoms with Gasteiger partial charge in [-0.25, -0.2) is 0 Å². The van der Waals surface area contributed by atoms with Gasteiger partial charge < -0.3 is 19.8 Å². The first kappa shape index (κ1) is 14.3. The van der Waals surface area contributed by atoms with Gasteiger partial charge in [0.15, 0.2) is 0 Å². The number of carboxylic acid groups (broad SMARTS) is 1. The van der Waals surface area contributed by atoms with Crippen LogP contribution in [0.2, 0.25) is 0 Å². The molecule has 108 valence electrons. The molecule has 2 rings (SSSR count). The SMILES string of the molecule is Cc1cc(O)ccc1C(=O)N1CCOCC1CC(=O)O. The summed E-state index contributed by atoms with van der Waals surface area (Å²) in [6, 6.07) is 4.06. The molecule has 2 N–H and O–H groups in total. The molecular formula is C14H17NO5. The third-order valence-corrected chi connectivity index (χ3v) is 3.34. The molecule has 6 heteroatoms. The smallest absolute Gasteiger partial charge is 0.305 e. The fraction of sp³-hybridized carbons (Fsp3) is 0.429. The van der Waals surface area contributed by atoms with E-state index in [4.69, 9.17) is 9.84 Å². The van der Waals surface area contributed by atoms with E-state index >= 15 is 0 Å². The topological polar surface area (TPSA) is 87.1 Å². The first-order valence-electron chi connectivity index (χ1n) is 6.39. The quantitative estimate of drug-likeness (QED) is 0.862. The van der Waals surface area contributed by atoms with Gasteiger partial charge in [-0.2, -0.15) is 0 Å². The van der Waals surface area contributed by atoms with Crippen molar-refractivity contribution in [1.82, 2.24) is 4.90 Å². The predicted molar refractivity (Wildman–Crippen MR) is 70.7 cm³/mol. The lowest BCUT2D eigenvalue weighted by Gasteiger charge is -2.35. The number of carbonyl (C=O) groups is 2. The molecule has 1 aliphatic rings. The molecule has 0 aromatic heterocycles. The number of rotatable bonds is 3. The summed E-state index contributed by atoms with van der Waals surface area (Å²) in [5.41, 5.74) is 1.13. The monoisotopic (exact) mass is 279 g/mol. The Kier molecular flexibility index (Phi) is 4.24. The second-order valence-corrected chi connectivity index (χ2v) is 4.82. The maximum atomic E-state index is 12.5. The molecule has 1 aromatic carbocycles. The van der Waals surface area contributed by atoms with E-state index in [1.165, 1.54) is 17.0 Å². The fourth-order valence-electron chi connectivity index (χ4n) is 2.34. The molecule has 1 aliphatic heterocycles. The molecule has 1 saturated heterocycles. The van der Waals surface area contributed by atoms with Gasteiger partial charge in [-0.3, -0.25) is 9.59 Å². The number of amides is 1. The predicted octanol–water partition coefficient (Wildman–Crippen LogP) is 1.02. The Hall–Kier alpha value is -2.08. The van der Waals surface area contributed by atoms with Crippen LogP contribution in [0.1, 0.15) is 22.3 Å². The van der Waals surface area contributed by atoms with Crippen LogP contribution >= 0.6 is 0 Å². The van der Waals surface area contributed by atoms with E-state index in [9.17, 15) is 14.7 Å². The molecule has 1 heterocycles. The molecule has 1 aromatic rings. The Bertz CT molecular complexity index is 528. The summed E-state index contributed by atoms with van der Waals surface area (Å²) < 4.78 is 5.25. The number of aromatic hydroxyl groups is 1. The van der Waals surface area contributed by atoms with Crippen LogP contribution in [0.5, 0.6) is 5.75 Å². The number of aliphatic carboxylic acids is 1. The van der Waals surface area contributed by atoms with E-state index < -0.39 is 12.0 Å². The van der Waals surface area contributed by atoms with Gasteiger partial charge in [0, 0.05) is 12.1 Å². The molecule has 0 bridgehead atoms. The Balaban J connectivity index is 2.22. The zero-order valence-electron chi connectivity index (χ0n) is 11.2. The zero-order chi connectivity index (χ0) is 14.7. The zero-order valence-corrected chi connectivity index (χ0v) is 11.2. The molecule has 1 atom stereocenters. The highest BCUT2D eigenvalue weighted by atomic mass is 16.5. The van der Waals surface area contributed by atoms with Crippen molar-refractivity contribution in [3.8, 4) is 5.75 Å². The Morgan fingerprint density at radius 3 is 2.85 bits per heavy atom. The highest BCUT2D eigenvalue weighted by Gasteiger charge is 2.30. The molecule has 0 radical (unpaired) electrons. The number of nitrogens with zero attached hydrogens (tertiary/aromatic N) is 1. The van der Waals surface area contributed by atoms with Gasteiger partial charge in [0.25, 0.3) is 5.91 Å². The molecule has 1 amide bonds. The van der Waals surface area contributed by atoms with Crippen molar-refractivity contribution in [1.29, 1.82) is 0 Å². The molecule has 20 heavy (non-hydrogen) atoms. The van der Waals surface area contributed by atoms with E-state index in [2.05, 4.69) is 0 Å². The first-order valence-corrected chi connectivity index (χ1v) is 6.39. The number of phenols is 1. The summed E-state index contributed by atoms with van der Waals surface area (Å²) in [4.78, 5) is 24.9. The van der Waals surface area contributed by atoms with E-state index in [1.807, 2.05) is 0 Å². The number of hydrogen-bond acceptors (Lipinski definition) is 4. The lowest BCUT2D eigenvalue weighted by atomic mass is 10.0. The van der Waals surface area contributed by atoms with Crippen molar-refractivity contribution in [3.63, 3.8) is 0 Å².